The highest BCUT2D eigenvalue weighted by Crippen LogP contribution is 2.47. The van der Waals surface area contributed by atoms with Crippen LogP contribution in [-0.2, 0) is 19.1 Å². The van der Waals surface area contributed by atoms with Crippen LogP contribution < -0.4 is 0 Å². The lowest BCUT2D eigenvalue weighted by molar-refractivity contribution is -0.148. The van der Waals surface area contributed by atoms with Crippen LogP contribution in [0.15, 0.2) is 12.2 Å². The Morgan fingerprint density at radius 3 is 2.69 bits per heavy atom. The molecule has 0 aromatic heterocycles. The van der Waals surface area contributed by atoms with Gasteiger partial charge in [0.15, 0.2) is 17.8 Å². The minimum Gasteiger partial charge on any atom is -0.457 e. The molecule has 3 rings (SSSR count). The Bertz CT molecular complexity index is 315. The fraction of sp³-hybridized carbons (Fsp3) is 0.556. The predicted octanol–water partition coefficient (Wildman–Crippen LogP) is -0.174. The first kappa shape index (κ1) is 7.26. The van der Waals surface area contributed by atoms with E-state index in [9.17, 15) is 9.59 Å². The van der Waals surface area contributed by atoms with Gasteiger partial charge in [-0.3, -0.25) is 9.59 Å². The van der Waals surface area contributed by atoms with Crippen molar-refractivity contribution in [2.24, 2.45) is 5.41 Å². The standard InChI is InChI=1S/C9H8O4/c10-6-4-12-8(11)9(6)3-5-1-2-7(9)13-5/h1-2,5,7H,3-4H2. The minimum atomic E-state index is -0.987. The largest absolute Gasteiger partial charge is 0.457 e. The zero-order valence-corrected chi connectivity index (χ0v) is 6.86. The summed E-state index contributed by atoms with van der Waals surface area (Å²) in [5, 5.41) is 0. The van der Waals surface area contributed by atoms with Crippen LogP contribution in [0.4, 0.5) is 0 Å². The third kappa shape index (κ3) is 0.659. The molecule has 0 N–H and O–H groups in total. The summed E-state index contributed by atoms with van der Waals surface area (Å²) in [4.78, 5) is 23.0. The highest BCUT2D eigenvalue weighted by Gasteiger charge is 2.63. The predicted molar refractivity (Wildman–Crippen MR) is 40.8 cm³/mol. The van der Waals surface area contributed by atoms with Crippen LogP contribution in [0.5, 0.6) is 0 Å². The first-order chi connectivity index (χ1) is 6.23. The number of carbonyl (C=O) groups is 2. The zero-order valence-electron chi connectivity index (χ0n) is 6.86. The van der Waals surface area contributed by atoms with Crippen molar-refractivity contribution in [3.05, 3.63) is 12.2 Å². The molecule has 3 heterocycles. The van der Waals surface area contributed by atoms with Crippen LogP contribution >= 0.6 is 0 Å². The summed E-state index contributed by atoms with van der Waals surface area (Å²) in [7, 11) is 0. The van der Waals surface area contributed by atoms with Crippen molar-refractivity contribution in [1.82, 2.24) is 0 Å². The number of rotatable bonds is 0. The molecule has 1 spiro atoms. The van der Waals surface area contributed by atoms with Crippen molar-refractivity contribution in [2.75, 3.05) is 6.61 Å². The van der Waals surface area contributed by atoms with Gasteiger partial charge in [0.05, 0.1) is 12.2 Å². The van der Waals surface area contributed by atoms with E-state index in [1.807, 2.05) is 6.08 Å². The molecule has 2 fully saturated rings. The number of hydrogen-bond acceptors (Lipinski definition) is 4. The van der Waals surface area contributed by atoms with Crippen LogP contribution in [0, 0.1) is 5.41 Å². The Morgan fingerprint density at radius 2 is 2.23 bits per heavy atom. The summed E-state index contributed by atoms with van der Waals surface area (Å²) in [6, 6.07) is 0. The van der Waals surface area contributed by atoms with E-state index in [0.29, 0.717) is 6.42 Å². The maximum Gasteiger partial charge on any atom is 0.323 e. The van der Waals surface area contributed by atoms with E-state index in [4.69, 9.17) is 9.47 Å². The molecule has 2 saturated heterocycles. The van der Waals surface area contributed by atoms with Gasteiger partial charge in [-0.15, -0.1) is 0 Å². The molecule has 3 unspecified atom stereocenters. The number of esters is 1. The van der Waals surface area contributed by atoms with E-state index >= 15 is 0 Å². The lowest BCUT2D eigenvalue weighted by atomic mass is 9.75. The van der Waals surface area contributed by atoms with Gasteiger partial charge in [-0.2, -0.15) is 0 Å². The number of ether oxygens (including phenoxy) is 2. The molecule has 0 amide bonds. The van der Waals surface area contributed by atoms with Crippen LogP contribution in [0.3, 0.4) is 0 Å². The van der Waals surface area contributed by atoms with Crippen molar-refractivity contribution in [3.63, 3.8) is 0 Å². The molecule has 0 aromatic carbocycles. The Hall–Kier alpha value is -1.16. The van der Waals surface area contributed by atoms with Crippen LogP contribution in [-0.4, -0.2) is 30.6 Å². The number of ketones is 1. The highest BCUT2D eigenvalue weighted by atomic mass is 16.6. The Balaban J connectivity index is 2.10. The number of carbonyl (C=O) groups excluding carboxylic acids is 2. The molecule has 3 aliphatic heterocycles. The van der Waals surface area contributed by atoms with Gasteiger partial charge in [-0.1, -0.05) is 12.2 Å². The molecule has 3 aliphatic rings. The third-order valence-electron chi connectivity index (χ3n) is 3.03. The molecular weight excluding hydrogens is 172 g/mol. The molecule has 0 aromatic rings. The molecule has 13 heavy (non-hydrogen) atoms. The van der Waals surface area contributed by atoms with Crippen molar-refractivity contribution in [2.45, 2.75) is 18.6 Å². The fourth-order valence-corrected chi connectivity index (χ4v) is 2.31. The Kier molecular flexibility index (Phi) is 1.12. The van der Waals surface area contributed by atoms with Crippen LogP contribution in [0.25, 0.3) is 0 Å². The topological polar surface area (TPSA) is 52.6 Å². The van der Waals surface area contributed by atoms with E-state index < -0.39 is 11.4 Å². The summed E-state index contributed by atoms with van der Waals surface area (Å²) in [5.74, 6) is -0.538. The third-order valence-corrected chi connectivity index (χ3v) is 3.03. The first-order valence-corrected chi connectivity index (χ1v) is 4.28. The smallest absolute Gasteiger partial charge is 0.323 e. The van der Waals surface area contributed by atoms with Crippen molar-refractivity contribution < 1.29 is 19.1 Å². The quantitative estimate of drug-likeness (QED) is 0.295. The average Bonchev–Trinajstić information content (AvgIpc) is 2.77. The average molecular weight is 180 g/mol. The number of fused-ring (bicyclic) bond motifs is 3. The Morgan fingerprint density at radius 1 is 1.38 bits per heavy atom. The summed E-state index contributed by atoms with van der Waals surface area (Å²) >= 11 is 0. The van der Waals surface area contributed by atoms with Gasteiger partial charge in [0.2, 0.25) is 0 Å². The van der Waals surface area contributed by atoms with E-state index in [0.717, 1.165) is 0 Å². The van der Waals surface area contributed by atoms with Crippen LogP contribution in [0.2, 0.25) is 0 Å². The van der Waals surface area contributed by atoms with Gasteiger partial charge in [0, 0.05) is 6.42 Å². The maximum atomic E-state index is 11.5. The van der Waals surface area contributed by atoms with Gasteiger partial charge >= 0.3 is 5.97 Å². The molecular formula is C9H8O4. The number of cyclic esters (lactones) is 1. The SMILES string of the molecule is O=C1COC(=O)C12CC1C=CC2O1. The normalized spacial score (nSPS) is 46.5. The van der Waals surface area contributed by atoms with Gasteiger partial charge in [0.1, 0.15) is 0 Å². The molecule has 4 nitrogen and oxygen atoms in total. The lowest BCUT2D eigenvalue weighted by Gasteiger charge is -2.20. The second kappa shape index (κ2) is 2.01. The first-order valence-electron chi connectivity index (χ1n) is 4.28. The molecule has 3 atom stereocenters. The van der Waals surface area contributed by atoms with Crippen LogP contribution in [0.1, 0.15) is 6.42 Å². The second-order valence-corrected chi connectivity index (χ2v) is 3.65. The summed E-state index contributed by atoms with van der Waals surface area (Å²) in [6.07, 6.45) is 3.71. The van der Waals surface area contributed by atoms with Crippen molar-refractivity contribution in [3.8, 4) is 0 Å². The number of hydrogen-bond donors (Lipinski definition) is 0. The Labute approximate surface area is 74.5 Å². The van der Waals surface area contributed by atoms with Gasteiger partial charge in [-0.05, 0) is 0 Å². The molecule has 0 saturated carbocycles. The summed E-state index contributed by atoms with van der Waals surface area (Å²) in [5.41, 5.74) is -0.987. The zero-order chi connectivity index (χ0) is 9.05. The molecule has 68 valence electrons. The van der Waals surface area contributed by atoms with E-state index in [2.05, 4.69) is 0 Å². The van der Waals surface area contributed by atoms with Gasteiger partial charge in [0.25, 0.3) is 0 Å². The van der Waals surface area contributed by atoms with E-state index in [1.54, 1.807) is 6.08 Å². The second-order valence-electron chi connectivity index (χ2n) is 3.65. The van der Waals surface area contributed by atoms with Crippen molar-refractivity contribution in [1.29, 1.82) is 0 Å². The van der Waals surface area contributed by atoms with E-state index in [-0.39, 0.29) is 24.6 Å². The van der Waals surface area contributed by atoms with Gasteiger partial charge in [-0.25, -0.2) is 0 Å². The molecule has 0 radical (unpaired) electrons. The minimum absolute atomic E-state index is 0.0698. The van der Waals surface area contributed by atoms with Gasteiger partial charge < -0.3 is 9.47 Å². The summed E-state index contributed by atoms with van der Waals surface area (Å²) < 4.78 is 10.2. The van der Waals surface area contributed by atoms with E-state index in [1.165, 1.54) is 0 Å². The lowest BCUT2D eigenvalue weighted by Crippen LogP contribution is -2.41. The monoisotopic (exact) mass is 180 g/mol. The molecule has 4 heteroatoms. The van der Waals surface area contributed by atoms with Crippen molar-refractivity contribution >= 4 is 11.8 Å². The number of Topliss-reactive ketones (excluding diaryl/α,β-unsaturated/α-hetero) is 1. The molecule has 2 bridgehead atoms. The fourth-order valence-electron chi connectivity index (χ4n) is 2.31. The highest BCUT2D eigenvalue weighted by molar-refractivity contribution is 6.10. The maximum absolute atomic E-state index is 11.5. The molecule has 0 aliphatic carbocycles. The summed E-state index contributed by atoms with van der Waals surface area (Å²) in [6.45, 7) is -0.0841.